The average molecular weight is 328 g/mol. The van der Waals surface area contributed by atoms with E-state index in [0.29, 0.717) is 30.2 Å². The maximum absolute atomic E-state index is 12.1. The van der Waals surface area contributed by atoms with Gasteiger partial charge in [0.15, 0.2) is 11.5 Å². The molecule has 0 radical (unpaired) electrons. The van der Waals surface area contributed by atoms with Gasteiger partial charge in [-0.2, -0.15) is 0 Å². The first-order valence-corrected chi connectivity index (χ1v) is 7.74. The van der Waals surface area contributed by atoms with Crippen LogP contribution in [0.15, 0.2) is 36.4 Å². The van der Waals surface area contributed by atoms with Gasteiger partial charge in [-0.15, -0.1) is 0 Å². The van der Waals surface area contributed by atoms with Gasteiger partial charge in [0.05, 0.1) is 12.8 Å². The van der Waals surface area contributed by atoms with E-state index in [4.69, 9.17) is 14.2 Å². The first-order chi connectivity index (χ1) is 11.7. The van der Waals surface area contributed by atoms with E-state index in [-0.39, 0.29) is 12.7 Å². The van der Waals surface area contributed by atoms with Gasteiger partial charge < -0.3 is 24.8 Å². The lowest BCUT2D eigenvalue weighted by molar-refractivity contribution is -0.116. The second kappa shape index (κ2) is 7.12. The minimum atomic E-state index is -0.0767. The Labute approximate surface area is 140 Å². The summed E-state index contributed by atoms with van der Waals surface area (Å²) >= 11 is 0. The van der Waals surface area contributed by atoms with E-state index in [1.165, 1.54) is 0 Å². The highest BCUT2D eigenvalue weighted by molar-refractivity contribution is 5.92. The predicted molar refractivity (Wildman–Crippen MR) is 92.0 cm³/mol. The number of rotatable bonds is 6. The molecule has 2 aromatic carbocycles. The van der Waals surface area contributed by atoms with E-state index < -0.39 is 0 Å². The number of fused-ring (bicyclic) bond motifs is 1. The Bertz CT molecular complexity index is 746. The van der Waals surface area contributed by atoms with Crippen molar-refractivity contribution in [2.45, 2.75) is 13.3 Å². The van der Waals surface area contributed by atoms with E-state index in [9.17, 15) is 4.79 Å². The van der Waals surface area contributed by atoms with Crippen molar-refractivity contribution in [3.8, 4) is 17.2 Å². The van der Waals surface area contributed by atoms with Gasteiger partial charge in [0.25, 0.3) is 0 Å². The summed E-state index contributed by atoms with van der Waals surface area (Å²) < 4.78 is 15.9. The lowest BCUT2D eigenvalue weighted by Gasteiger charge is -2.11. The third kappa shape index (κ3) is 3.71. The SMILES string of the molecule is COc1ccc(C)cc1NC(=O)CCNc1ccc2c(c1)OCO2. The van der Waals surface area contributed by atoms with Crippen molar-refractivity contribution >= 4 is 17.3 Å². The summed E-state index contributed by atoms with van der Waals surface area (Å²) in [7, 11) is 1.58. The second-order valence-electron chi connectivity index (χ2n) is 5.50. The molecule has 2 aromatic rings. The molecular weight excluding hydrogens is 308 g/mol. The molecule has 1 amide bonds. The average Bonchev–Trinajstić information content (AvgIpc) is 3.03. The lowest BCUT2D eigenvalue weighted by Crippen LogP contribution is -2.16. The molecule has 6 heteroatoms. The fourth-order valence-electron chi connectivity index (χ4n) is 2.46. The smallest absolute Gasteiger partial charge is 0.231 e. The number of carbonyl (C=O) groups excluding carboxylic acids is 1. The molecule has 0 fully saturated rings. The molecule has 1 heterocycles. The van der Waals surface area contributed by atoms with Gasteiger partial charge in [-0.25, -0.2) is 0 Å². The van der Waals surface area contributed by atoms with Gasteiger partial charge in [-0.1, -0.05) is 6.07 Å². The maximum Gasteiger partial charge on any atom is 0.231 e. The van der Waals surface area contributed by atoms with Gasteiger partial charge in [-0.3, -0.25) is 4.79 Å². The standard InChI is InChI=1S/C18H20N2O4/c1-12-3-5-15(22-2)14(9-12)20-18(21)7-8-19-13-4-6-16-17(10-13)24-11-23-16/h3-6,9-10,19H,7-8,11H2,1-2H3,(H,20,21). The first-order valence-electron chi connectivity index (χ1n) is 7.74. The zero-order valence-corrected chi connectivity index (χ0v) is 13.7. The fourth-order valence-corrected chi connectivity index (χ4v) is 2.46. The first kappa shape index (κ1) is 16.0. The Morgan fingerprint density at radius 3 is 2.83 bits per heavy atom. The largest absolute Gasteiger partial charge is 0.495 e. The van der Waals surface area contributed by atoms with Crippen LogP contribution < -0.4 is 24.8 Å². The van der Waals surface area contributed by atoms with E-state index in [1.54, 1.807) is 7.11 Å². The van der Waals surface area contributed by atoms with Crippen LogP contribution in [-0.2, 0) is 4.79 Å². The third-order valence-corrected chi connectivity index (χ3v) is 3.68. The van der Waals surface area contributed by atoms with Crippen molar-refractivity contribution < 1.29 is 19.0 Å². The van der Waals surface area contributed by atoms with Crippen molar-refractivity contribution in [3.63, 3.8) is 0 Å². The van der Waals surface area contributed by atoms with Gasteiger partial charge in [0.1, 0.15) is 5.75 Å². The molecule has 2 N–H and O–H groups in total. The zero-order chi connectivity index (χ0) is 16.9. The fraction of sp³-hybridized carbons (Fsp3) is 0.278. The molecular formula is C18H20N2O4. The number of carbonyl (C=O) groups is 1. The predicted octanol–water partition coefficient (Wildman–Crippen LogP) is 3.17. The molecule has 0 aromatic heterocycles. The highest BCUT2D eigenvalue weighted by Gasteiger charge is 2.13. The number of ether oxygens (including phenoxy) is 3. The van der Waals surface area contributed by atoms with Gasteiger partial charge in [-0.05, 0) is 36.8 Å². The molecule has 0 spiro atoms. The van der Waals surface area contributed by atoms with E-state index in [0.717, 1.165) is 17.0 Å². The lowest BCUT2D eigenvalue weighted by atomic mass is 10.2. The normalized spacial score (nSPS) is 11.9. The second-order valence-corrected chi connectivity index (χ2v) is 5.50. The number of aryl methyl sites for hydroxylation is 1. The number of hydrogen-bond acceptors (Lipinski definition) is 5. The molecule has 0 atom stereocenters. The van der Waals surface area contributed by atoms with Crippen LogP contribution >= 0.6 is 0 Å². The van der Waals surface area contributed by atoms with Crippen LogP contribution in [0.5, 0.6) is 17.2 Å². The topological polar surface area (TPSA) is 68.8 Å². The number of nitrogens with one attached hydrogen (secondary N) is 2. The van der Waals surface area contributed by atoms with Crippen LogP contribution in [0.25, 0.3) is 0 Å². The van der Waals surface area contributed by atoms with Crippen LogP contribution in [0.3, 0.4) is 0 Å². The van der Waals surface area contributed by atoms with Crippen molar-refractivity contribution in [2.75, 3.05) is 31.1 Å². The van der Waals surface area contributed by atoms with Crippen molar-refractivity contribution in [2.24, 2.45) is 0 Å². The van der Waals surface area contributed by atoms with Gasteiger partial charge in [0, 0.05) is 24.7 Å². The van der Waals surface area contributed by atoms with Crippen LogP contribution in [-0.4, -0.2) is 26.4 Å². The maximum atomic E-state index is 12.1. The summed E-state index contributed by atoms with van der Waals surface area (Å²) in [4.78, 5) is 12.1. The van der Waals surface area contributed by atoms with Crippen LogP contribution in [0.4, 0.5) is 11.4 Å². The Hall–Kier alpha value is -2.89. The number of amides is 1. The number of benzene rings is 2. The Balaban J connectivity index is 1.52. The Morgan fingerprint density at radius 1 is 1.17 bits per heavy atom. The van der Waals surface area contributed by atoms with Crippen molar-refractivity contribution in [1.82, 2.24) is 0 Å². The van der Waals surface area contributed by atoms with Crippen LogP contribution in [0.2, 0.25) is 0 Å². The monoisotopic (exact) mass is 328 g/mol. The molecule has 3 rings (SSSR count). The van der Waals surface area contributed by atoms with Crippen LogP contribution in [0, 0.1) is 6.92 Å². The summed E-state index contributed by atoms with van der Waals surface area (Å²) in [5, 5.41) is 6.08. The van der Waals surface area contributed by atoms with Gasteiger partial charge in [0.2, 0.25) is 12.7 Å². The summed E-state index contributed by atoms with van der Waals surface area (Å²) in [6.45, 7) is 2.73. The Kier molecular flexibility index (Phi) is 4.74. The number of methoxy groups -OCH3 is 1. The summed E-state index contributed by atoms with van der Waals surface area (Å²) in [5.74, 6) is 2.03. The molecule has 24 heavy (non-hydrogen) atoms. The zero-order valence-electron chi connectivity index (χ0n) is 13.7. The molecule has 0 saturated carbocycles. The summed E-state index contributed by atoms with van der Waals surface area (Å²) in [5.41, 5.74) is 2.63. The molecule has 0 bridgehead atoms. The summed E-state index contributed by atoms with van der Waals surface area (Å²) in [6, 6.07) is 11.3. The minimum absolute atomic E-state index is 0.0767. The third-order valence-electron chi connectivity index (χ3n) is 3.68. The van der Waals surface area contributed by atoms with Crippen LogP contribution in [0.1, 0.15) is 12.0 Å². The van der Waals surface area contributed by atoms with E-state index in [2.05, 4.69) is 10.6 Å². The van der Waals surface area contributed by atoms with E-state index >= 15 is 0 Å². The molecule has 0 saturated heterocycles. The minimum Gasteiger partial charge on any atom is -0.495 e. The molecule has 126 valence electrons. The Morgan fingerprint density at radius 2 is 2.00 bits per heavy atom. The molecule has 0 unspecified atom stereocenters. The number of hydrogen-bond donors (Lipinski definition) is 2. The van der Waals surface area contributed by atoms with Crippen molar-refractivity contribution in [3.05, 3.63) is 42.0 Å². The number of anilines is 2. The summed E-state index contributed by atoms with van der Waals surface area (Å²) in [6.07, 6.45) is 0.339. The molecule has 0 aliphatic carbocycles. The highest BCUT2D eigenvalue weighted by atomic mass is 16.7. The molecule has 1 aliphatic heterocycles. The molecule has 6 nitrogen and oxygen atoms in total. The quantitative estimate of drug-likeness (QED) is 0.852. The highest BCUT2D eigenvalue weighted by Crippen LogP contribution is 2.34. The molecule has 1 aliphatic rings. The van der Waals surface area contributed by atoms with Gasteiger partial charge >= 0.3 is 0 Å². The van der Waals surface area contributed by atoms with E-state index in [1.807, 2.05) is 43.3 Å². The van der Waals surface area contributed by atoms with Crippen molar-refractivity contribution in [1.29, 1.82) is 0 Å².